The highest BCUT2D eigenvalue weighted by atomic mass is 35.5. The first-order valence-corrected chi connectivity index (χ1v) is 8.04. The normalized spacial score (nSPS) is 16.4. The topological polar surface area (TPSA) is 58.2 Å². The summed E-state index contributed by atoms with van der Waals surface area (Å²) in [6, 6.07) is 14.3. The lowest BCUT2D eigenvalue weighted by atomic mass is 10.0. The predicted molar refractivity (Wildman–Crippen MR) is 95.3 cm³/mol. The van der Waals surface area contributed by atoms with Crippen LogP contribution in [-0.4, -0.2) is 11.8 Å². The molecule has 2 aliphatic rings. The molecule has 0 bridgehead atoms. The molecule has 6 heteroatoms. The molecule has 0 aromatic heterocycles. The van der Waals surface area contributed by atoms with Gasteiger partial charge in [-0.25, -0.2) is 0 Å². The van der Waals surface area contributed by atoms with Gasteiger partial charge in [0.05, 0.1) is 22.5 Å². The summed E-state index contributed by atoms with van der Waals surface area (Å²) in [5, 5.41) is 6.13. The van der Waals surface area contributed by atoms with E-state index in [0.717, 1.165) is 10.5 Å². The van der Waals surface area contributed by atoms with Crippen LogP contribution in [0.5, 0.6) is 0 Å². The molecule has 2 heterocycles. The van der Waals surface area contributed by atoms with Gasteiger partial charge in [0, 0.05) is 15.5 Å². The average Bonchev–Trinajstić information content (AvgIpc) is 3.08. The number of halogens is 1. The van der Waals surface area contributed by atoms with Crippen molar-refractivity contribution in [2.45, 2.75) is 4.90 Å². The van der Waals surface area contributed by atoms with Gasteiger partial charge in [0.25, 0.3) is 11.8 Å². The number of thiol groups is 1. The maximum atomic E-state index is 12.5. The zero-order valence-electron chi connectivity index (χ0n) is 12.3. The summed E-state index contributed by atoms with van der Waals surface area (Å²) in [6.45, 7) is 0. The van der Waals surface area contributed by atoms with Crippen LogP contribution in [0.3, 0.4) is 0 Å². The lowest BCUT2D eigenvalue weighted by Gasteiger charge is -2.07. The fraction of sp³-hybridized carbons (Fsp3) is 0. The van der Waals surface area contributed by atoms with Gasteiger partial charge in [-0.2, -0.15) is 0 Å². The quantitative estimate of drug-likeness (QED) is 0.726. The Morgan fingerprint density at radius 2 is 1.38 bits per heavy atom. The molecule has 2 N–H and O–H groups in total. The van der Waals surface area contributed by atoms with Crippen LogP contribution in [0.2, 0.25) is 5.02 Å². The molecule has 0 unspecified atom stereocenters. The molecular weight excluding hydrogens is 344 g/mol. The molecular formula is C18H11ClN2O2S. The smallest absolute Gasteiger partial charge is 0.258 e. The Balaban J connectivity index is 1.90. The van der Waals surface area contributed by atoms with E-state index in [1.54, 1.807) is 24.3 Å². The van der Waals surface area contributed by atoms with E-state index < -0.39 is 0 Å². The third kappa shape index (κ3) is 2.33. The third-order valence-electron chi connectivity index (χ3n) is 3.95. The van der Waals surface area contributed by atoms with Gasteiger partial charge in [0.15, 0.2) is 0 Å². The molecule has 0 saturated carbocycles. The van der Waals surface area contributed by atoms with Gasteiger partial charge in [0.2, 0.25) is 0 Å². The van der Waals surface area contributed by atoms with Crippen molar-refractivity contribution in [3.05, 3.63) is 75.8 Å². The summed E-state index contributed by atoms with van der Waals surface area (Å²) < 4.78 is 0. The van der Waals surface area contributed by atoms with Crippen LogP contribution in [-0.2, 0) is 9.59 Å². The Hall–Kier alpha value is -2.50. The maximum Gasteiger partial charge on any atom is 0.258 e. The van der Waals surface area contributed by atoms with Gasteiger partial charge >= 0.3 is 0 Å². The first kappa shape index (κ1) is 15.1. The Kier molecular flexibility index (Phi) is 3.48. The Labute approximate surface area is 148 Å². The summed E-state index contributed by atoms with van der Waals surface area (Å²) in [5.74, 6) is -0.605. The van der Waals surface area contributed by atoms with Crippen molar-refractivity contribution < 1.29 is 9.59 Å². The molecule has 4 rings (SSSR count). The second-order valence-corrected chi connectivity index (χ2v) is 6.42. The van der Waals surface area contributed by atoms with Crippen molar-refractivity contribution in [2.24, 2.45) is 0 Å². The van der Waals surface area contributed by atoms with Gasteiger partial charge in [0.1, 0.15) is 0 Å². The minimum atomic E-state index is -0.303. The first-order valence-electron chi connectivity index (χ1n) is 7.21. The lowest BCUT2D eigenvalue weighted by molar-refractivity contribution is -0.117. The SMILES string of the molecule is O=C1NC(c2cccc(Cl)c2)=C2C(=O)NC(c3ccc(S)cc3)=C12. The second kappa shape index (κ2) is 5.54. The highest BCUT2D eigenvalue weighted by Crippen LogP contribution is 2.37. The number of rotatable bonds is 2. The zero-order chi connectivity index (χ0) is 16.8. The van der Waals surface area contributed by atoms with Gasteiger partial charge < -0.3 is 10.6 Å². The van der Waals surface area contributed by atoms with Crippen molar-refractivity contribution in [3.8, 4) is 0 Å². The van der Waals surface area contributed by atoms with E-state index in [1.807, 2.05) is 24.3 Å². The van der Waals surface area contributed by atoms with Crippen molar-refractivity contribution >= 4 is 47.4 Å². The van der Waals surface area contributed by atoms with Crippen LogP contribution in [0.4, 0.5) is 0 Å². The van der Waals surface area contributed by atoms with E-state index >= 15 is 0 Å². The summed E-state index contributed by atoms with van der Waals surface area (Å²) in [4.78, 5) is 25.7. The summed E-state index contributed by atoms with van der Waals surface area (Å²) in [7, 11) is 0. The van der Waals surface area contributed by atoms with Crippen LogP contribution >= 0.6 is 24.2 Å². The largest absolute Gasteiger partial charge is 0.321 e. The Bertz CT molecular complexity index is 961. The minimum Gasteiger partial charge on any atom is -0.321 e. The van der Waals surface area contributed by atoms with Gasteiger partial charge in [-0.3, -0.25) is 9.59 Å². The van der Waals surface area contributed by atoms with E-state index in [2.05, 4.69) is 23.3 Å². The monoisotopic (exact) mass is 354 g/mol. The molecule has 0 spiro atoms. The fourth-order valence-corrected chi connectivity index (χ4v) is 3.23. The number of benzene rings is 2. The Morgan fingerprint density at radius 3 is 1.96 bits per heavy atom. The van der Waals surface area contributed by atoms with E-state index in [4.69, 9.17) is 11.6 Å². The van der Waals surface area contributed by atoms with Crippen molar-refractivity contribution in [1.82, 2.24) is 10.6 Å². The summed E-state index contributed by atoms with van der Waals surface area (Å²) in [5.41, 5.74) is 3.17. The Morgan fingerprint density at radius 1 is 0.792 bits per heavy atom. The van der Waals surface area contributed by atoms with Crippen LogP contribution in [0.25, 0.3) is 11.4 Å². The van der Waals surface area contributed by atoms with Crippen LogP contribution in [0.15, 0.2) is 64.6 Å². The highest BCUT2D eigenvalue weighted by Gasteiger charge is 2.40. The van der Waals surface area contributed by atoms with Gasteiger partial charge in [-0.1, -0.05) is 35.9 Å². The molecule has 2 amide bonds. The average molecular weight is 355 g/mol. The molecule has 0 fully saturated rings. The van der Waals surface area contributed by atoms with E-state index in [0.29, 0.717) is 33.1 Å². The molecule has 0 aliphatic carbocycles. The van der Waals surface area contributed by atoms with E-state index in [1.165, 1.54) is 0 Å². The van der Waals surface area contributed by atoms with Crippen LogP contribution in [0.1, 0.15) is 11.1 Å². The lowest BCUT2D eigenvalue weighted by Crippen LogP contribution is -2.21. The number of fused-ring (bicyclic) bond motifs is 1. The highest BCUT2D eigenvalue weighted by molar-refractivity contribution is 7.80. The molecule has 2 aromatic rings. The molecule has 4 nitrogen and oxygen atoms in total. The number of hydrogen-bond donors (Lipinski definition) is 3. The molecule has 0 radical (unpaired) electrons. The number of amides is 2. The molecule has 24 heavy (non-hydrogen) atoms. The summed E-state index contributed by atoms with van der Waals surface area (Å²) >= 11 is 10.3. The molecule has 118 valence electrons. The van der Waals surface area contributed by atoms with Crippen LogP contribution < -0.4 is 10.6 Å². The number of carbonyl (C=O) groups excluding carboxylic acids is 2. The number of carbonyl (C=O) groups is 2. The molecule has 2 aromatic carbocycles. The van der Waals surface area contributed by atoms with Gasteiger partial charge in [-0.15, -0.1) is 12.6 Å². The van der Waals surface area contributed by atoms with Crippen LogP contribution in [0, 0.1) is 0 Å². The first-order chi connectivity index (χ1) is 11.5. The second-order valence-electron chi connectivity index (χ2n) is 5.47. The fourth-order valence-electron chi connectivity index (χ4n) is 2.89. The third-order valence-corrected chi connectivity index (χ3v) is 4.48. The molecule has 2 aliphatic heterocycles. The molecule has 0 saturated heterocycles. The van der Waals surface area contributed by atoms with Crippen molar-refractivity contribution in [1.29, 1.82) is 0 Å². The predicted octanol–water partition coefficient (Wildman–Crippen LogP) is 3.01. The van der Waals surface area contributed by atoms with E-state index in [9.17, 15) is 9.59 Å². The van der Waals surface area contributed by atoms with Gasteiger partial charge in [-0.05, 0) is 29.8 Å². The number of hydrogen-bond acceptors (Lipinski definition) is 3. The summed E-state index contributed by atoms with van der Waals surface area (Å²) in [6.07, 6.45) is 0. The van der Waals surface area contributed by atoms with Crippen molar-refractivity contribution in [2.75, 3.05) is 0 Å². The van der Waals surface area contributed by atoms with Crippen molar-refractivity contribution in [3.63, 3.8) is 0 Å². The standard InChI is InChI=1S/C18H11ClN2O2S/c19-11-3-1-2-10(8-11)16-14-13(17(22)21-16)15(20-18(14)23)9-4-6-12(24)7-5-9/h1-8,24H,(H,20,23)(H,21,22). The zero-order valence-corrected chi connectivity index (χ0v) is 13.9. The van der Waals surface area contributed by atoms with E-state index in [-0.39, 0.29) is 11.8 Å². The molecule has 0 atom stereocenters. The maximum absolute atomic E-state index is 12.5. The minimum absolute atomic E-state index is 0.303. The number of nitrogens with one attached hydrogen (secondary N) is 2.